The van der Waals surface area contributed by atoms with Gasteiger partial charge in [-0.05, 0) is 24.8 Å². The van der Waals surface area contributed by atoms with Gasteiger partial charge in [-0.25, -0.2) is 0 Å². The summed E-state index contributed by atoms with van der Waals surface area (Å²) in [6, 6.07) is 2.58. The lowest BCUT2D eigenvalue weighted by molar-refractivity contribution is 0.466. The average molecular weight is 219 g/mol. The highest BCUT2D eigenvalue weighted by molar-refractivity contribution is 5.81. The van der Waals surface area contributed by atoms with Gasteiger partial charge in [-0.15, -0.1) is 0 Å². The summed E-state index contributed by atoms with van der Waals surface area (Å²) in [6.45, 7) is 1.79. The molecule has 1 N–H and O–H groups in total. The van der Waals surface area contributed by atoms with Crippen LogP contribution in [0.2, 0.25) is 0 Å². The standard InChI is InChI=1S/C12H17N3O/c1-15(7-9-4-5-16-8-9)12-13-6-11(14-12)10-2-3-10/h4-5,8,10-11H,2-3,6-7H2,1H3,(H,13,14). The van der Waals surface area contributed by atoms with Gasteiger partial charge in [-0.3, -0.25) is 4.99 Å². The number of nitrogens with one attached hydrogen (secondary N) is 1. The van der Waals surface area contributed by atoms with E-state index in [0.717, 1.165) is 25.0 Å². The molecule has 0 bridgehead atoms. The second kappa shape index (κ2) is 3.85. The van der Waals surface area contributed by atoms with E-state index in [1.54, 1.807) is 12.5 Å². The summed E-state index contributed by atoms with van der Waals surface area (Å²) in [5.41, 5.74) is 1.18. The van der Waals surface area contributed by atoms with Crippen LogP contribution >= 0.6 is 0 Å². The first-order chi connectivity index (χ1) is 7.83. The maximum absolute atomic E-state index is 5.06. The quantitative estimate of drug-likeness (QED) is 0.836. The van der Waals surface area contributed by atoms with E-state index in [-0.39, 0.29) is 0 Å². The molecule has 1 unspecified atom stereocenters. The van der Waals surface area contributed by atoms with E-state index in [4.69, 9.17) is 4.42 Å². The maximum Gasteiger partial charge on any atom is 0.194 e. The second-order valence-corrected chi connectivity index (χ2v) is 4.74. The molecule has 0 aromatic carbocycles. The molecule has 0 spiro atoms. The molecular weight excluding hydrogens is 202 g/mol. The van der Waals surface area contributed by atoms with E-state index >= 15 is 0 Å². The molecule has 0 amide bonds. The SMILES string of the molecule is CN(Cc1ccoc1)C1=NCC(C2CC2)N1. The van der Waals surface area contributed by atoms with E-state index in [0.29, 0.717) is 6.04 Å². The first-order valence-electron chi connectivity index (χ1n) is 5.86. The van der Waals surface area contributed by atoms with Crippen LogP contribution < -0.4 is 5.32 Å². The van der Waals surface area contributed by atoms with Crippen LogP contribution in [-0.4, -0.2) is 30.5 Å². The van der Waals surface area contributed by atoms with Crippen molar-refractivity contribution in [2.75, 3.05) is 13.6 Å². The van der Waals surface area contributed by atoms with Crippen molar-refractivity contribution in [3.63, 3.8) is 0 Å². The van der Waals surface area contributed by atoms with E-state index < -0.39 is 0 Å². The summed E-state index contributed by atoms with van der Waals surface area (Å²) in [5.74, 6) is 1.89. The Hall–Kier alpha value is -1.45. The Kier molecular flexibility index (Phi) is 2.35. The van der Waals surface area contributed by atoms with Crippen molar-refractivity contribution in [3.8, 4) is 0 Å². The predicted molar refractivity (Wildman–Crippen MR) is 62.1 cm³/mol. The lowest BCUT2D eigenvalue weighted by Crippen LogP contribution is -2.40. The first kappa shape index (κ1) is 9.75. The highest BCUT2D eigenvalue weighted by Gasteiger charge is 2.34. The Morgan fingerprint density at radius 2 is 2.44 bits per heavy atom. The predicted octanol–water partition coefficient (Wildman–Crippen LogP) is 1.45. The Morgan fingerprint density at radius 1 is 1.56 bits per heavy atom. The van der Waals surface area contributed by atoms with Crippen LogP contribution in [0.3, 0.4) is 0 Å². The molecule has 1 fully saturated rings. The fraction of sp³-hybridized carbons (Fsp3) is 0.583. The molecule has 16 heavy (non-hydrogen) atoms. The van der Waals surface area contributed by atoms with Crippen LogP contribution in [0.15, 0.2) is 28.0 Å². The number of nitrogens with zero attached hydrogens (tertiary/aromatic N) is 2. The highest BCUT2D eigenvalue weighted by Crippen LogP contribution is 2.33. The zero-order chi connectivity index (χ0) is 11.0. The number of rotatable bonds is 3. The van der Waals surface area contributed by atoms with Gasteiger partial charge < -0.3 is 14.6 Å². The second-order valence-electron chi connectivity index (χ2n) is 4.74. The van der Waals surface area contributed by atoms with Crippen LogP contribution in [0.4, 0.5) is 0 Å². The van der Waals surface area contributed by atoms with E-state index in [1.807, 2.05) is 6.07 Å². The first-order valence-corrected chi connectivity index (χ1v) is 5.86. The third-order valence-corrected chi connectivity index (χ3v) is 3.30. The van der Waals surface area contributed by atoms with Crippen LogP contribution in [0.25, 0.3) is 0 Å². The molecule has 4 nitrogen and oxygen atoms in total. The molecule has 1 aliphatic carbocycles. The summed E-state index contributed by atoms with van der Waals surface area (Å²) in [4.78, 5) is 6.71. The Labute approximate surface area is 95.3 Å². The third-order valence-electron chi connectivity index (χ3n) is 3.30. The summed E-state index contributed by atoms with van der Waals surface area (Å²) < 4.78 is 5.06. The van der Waals surface area contributed by atoms with Crippen molar-refractivity contribution < 1.29 is 4.42 Å². The van der Waals surface area contributed by atoms with Crippen molar-refractivity contribution in [1.29, 1.82) is 0 Å². The fourth-order valence-corrected chi connectivity index (χ4v) is 2.17. The van der Waals surface area contributed by atoms with Crippen molar-refractivity contribution in [1.82, 2.24) is 10.2 Å². The number of aliphatic imine (C=N–C) groups is 1. The molecule has 1 atom stereocenters. The summed E-state index contributed by atoms with van der Waals surface area (Å²) >= 11 is 0. The number of furan rings is 1. The third kappa shape index (κ3) is 1.92. The topological polar surface area (TPSA) is 40.8 Å². The Morgan fingerprint density at radius 3 is 3.12 bits per heavy atom. The molecular formula is C12H17N3O. The molecule has 0 saturated heterocycles. The van der Waals surface area contributed by atoms with Gasteiger partial charge in [0.2, 0.25) is 0 Å². The minimum atomic E-state index is 0.585. The summed E-state index contributed by atoms with van der Waals surface area (Å²) in [6.07, 6.45) is 6.22. The lowest BCUT2D eigenvalue weighted by Gasteiger charge is -2.20. The van der Waals surface area contributed by atoms with Crippen LogP contribution in [0.1, 0.15) is 18.4 Å². The van der Waals surface area contributed by atoms with Crippen LogP contribution in [-0.2, 0) is 6.54 Å². The van der Waals surface area contributed by atoms with E-state index in [2.05, 4.69) is 22.3 Å². The molecule has 2 heterocycles. The number of guanidine groups is 1. The molecule has 1 saturated carbocycles. The Bertz CT molecular complexity index is 381. The largest absolute Gasteiger partial charge is 0.472 e. The molecule has 4 heteroatoms. The van der Waals surface area contributed by atoms with Gasteiger partial charge in [-0.1, -0.05) is 0 Å². The minimum Gasteiger partial charge on any atom is -0.472 e. The van der Waals surface area contributed by atoms with E-state index in [1.165, 1.54) is 18.4 Å². The molecule has 86 valence electrons. The molecule has 1 aliphatic heterocycles. The van der Waals surface area contributed by atoms with Gasteiger partial charge in [0, 0.05) is 19.2 Å². The number of hydrogen-bond acceptors (Lipinski definition) is 4. The molecule has 2 aliphatic rings. The molecule has 1 aromatic rings. The monoisotopic (exact) mass is 219 g/mol. The van der Waals surface area contributed by atoms with Gasteiger partial charge in [0.05, 0.1) is 25.1 Å². The summed E-state index contributed by atoms with van der Waals surface area (Å²) in [5, 5.41) is 3.51. The smallest absolute Gasteiger partial charge is 0.194 e. The Balaban J connectivity index is 1.57. The van der Waals surface area contributed by atoms with Crippen molar-refractivity contribution in [2.24, 2.45) is 10.9 Å². The molecule has 3 rings (SSSR count). The summed E-state index contributed by atoms with van der Waals surface area (Å²) in [7, 11) is 2.06. The van der Waals surface area contributed by atoms with E-state index in [9.17, 15) is 0 Å². The van der Waals surface area contributed by atoms with Crippen molar-refractivity contribution in [2.45, 2.75) is 25.4 Å². The number of hydrogen-bond donors (Lipinski definition) is 1. The average Bonchev–Trinajstić information content (AvgIpc) is 2.82. The van der Waals surface area contributed by atoms with Gasteiger partial charge in [-0.2, -0.15) is 0 Å². The highest BCUT2D eigenvalue weighted by atomic mass is 16.3. The van der Waals surface area contributed by atoms with Gasteiger partial charge in [0.1, 0.15) is 0 Å². The lowest BCUT2D eigenvalue weighted by atomic mass is 10.2. The molecule has 1 aromatic heterocycles. The van der Waals surface area contributed by atoms with Crippen molar-refractivity contribution in [3.05, 3.63) is 24.2 Å². The van der Waals surface area contributed by atoms with Crippen molar-refractivity contribution >= 4 is 5.96 Å². The fourth-order valence-electron chi connectivity index (χ4n) is 2.17. The normalized spacial score (nSPS) is 24.1. The minimum absolute atomic E-state index is 0.585. The van der Waals surface area contributed by atoms with Gasteiger partial charge in [0.25, 0.3) is 0 Å². The maximum atomic E-state index is 5.06. The van der Waals surface area contributed by atoms with Crippen LogP contribution in [0, 0.1) is 5.92 Å². The van der Waals surface area contributed by atoms with Gasteiger partial charge >= 0.3 is 0 Å². The zero-order valence-corrected chi connectivity index (χ0v) is 9.52. The van der Waals surface area contributed by atoms with Crippen LogP contribution in [0.5, 0.6) is 0 Å². The molecule has 0 radical (unpaired) electrons. The zero-order valence-electron chi connectivity index (χ0n) is 9.52. The van der Waals surface area contributed by atoms with Gasteiger partial charge in [0.15, 0.2) is 5.96 Å².